The molecule has 0 amide bonds. The molecule has 0 bridgehead atoms. The largest absolute Gasteiger partial charge is 0.392 e. The second-order valence-corrected chi connectivity index (χ2v) is 7.02. The number of rotatable bonds is 4. The first-order valence-electron chi connectivity index (χ1n) is 7.44. The molecule has 1 fully saturated rings. The molecule has 0 radical (unpaired) electrons. The van der Waals surface area contributed by atoms with Crippen LogP contribution in [0, 0.1) is 0 Å². The third-order valence-corrected chi connectivity index (χ3v) is 5.44. The maximum atomic E-state index is 10.3. The van der Waals surface area contributed by atoms with E-state index in [9.17, 15) is 10.2 Å². The fourth-order valence-electron chi connectivity index (χ4n) is 2.99. The van der Waals surface area contributed by atoms with E-state index in [0.29, 0.717) is 18.0 Å². The van der Waals surface area contributed by atoms with Gasteiger partial charge in [0.15, 0.2) is 0 Å². The van der Waals surface area contributed by atoms with Gasteiger partial charge in [0.25, 0.3) is 0 Å². The van der Waals surface area contributed by atoms with Gasteiger partial charge in [0, 0.05) is 10.5 Å². The first kappa shape index (κ1) is 16.2. The number of hydrogen-bond donors (Lipinski definition) is 3. The lowest BCUT2D eigenvalue weighted by Gasteiger charge is -2.30. The third kappa shape index (κ3) is 3.31. The summed E-state index contributed by atoms with van der Waals surface area (Å²) in [6.07, 6.45) is 3.05. The summed E-state index contributed by atoms with van der Waals surface area (Å²) in [5.41, 5.74) is 1.61. The van der Waals surface area contributed by atoms with E-state index in [-0.39, 0.29) is 12.1 Å². The fraction of sp³-hybridized carbons (Fsp3) is 0.533. The lowest BCUT2D eigenvalue weighted by atomic mass is 9.96. The zero-order valence-corrected chi connectivity index (χ0v) is 14.4. The number of nitrogens with zero attached hydrogens (tertiary/aromatic N) is 2. The Labute approximate surface area is 142 Å². The molecule has 1 unspecified atom stereocenters. The summed E-state index contributed by atoms with van der Waals surface area (Å²) in [6, 6.07) is 3.76. The van der Waals surface area contributed by atoms with Crippen LogP contribution in [0.2, 0.25) is 5.02 Å². The van der Waals surface area contributed by atoms with Crippen molar-refractivity contribution in [2.24, 2.45) is 0 Å². The molecule has 0 aliphatic carbocycles. The molecule has 2 heterocycles. The van der Waals surface area contributed by atoms with Crippen LogP contribution in [0.1, 0.15) is 19.3 Å². The van der Waals surface area contributed by atoms with Crippen molar-refractivity contribution in [3.05, 3.63) is 28.0 Å². The normalized spacial score (nSPS) is 23.8. The van der Waals surface area contributed by atoms with E-state index in [4.69, 9.17) is 11.6 Å². The van der Waals surface area contributed by atoms with E-state index in [1.165, 1.54) is 0 Å². The number of imidazole rings is 1. The van der Waals surface area contributed by atoms with Gasteiger partial charge in [0.2, 0.25) is 0 Å². The summed E-state index contributed by atoms with van der Waals surface area (Å²) >= 11 is 9.60. The molecular formula is C15H19BrClN3O2. The lowest BCUT2D eigenvalue weighted by Crippen LogP contribution is -2.46. The summed E-state index contributed by atoms with van der Waals surface area (Å²) in [5.74, 6) is 0. The van der Waals surface area contributed by atoms with Crippen molar-refractivity contribution < 1.29 is 10.2 Å². The molecule has 0 spiro atoms. The Morgan fingerprint density at radius 1 is 1.50 bits per heavy atom. The molecule has 5 nitrogen and oxygen atoms in total. The molecule has 3 rings (SSSR count). The highest BCUT2D eigenvalue weighted by atomic mass is 79.9. The summed E-state index contributed by atoms with van der Waals surface area (Å²) in [4.78, 5) is 4.32. The van der Waals surface area contributed by atoms with Gasteiger partial charge in [0.1, 0.15) is 5.52 Å². The van der Waals surface area contributed by atoms with Crippen LogP contribution < -0.4 is 5.32 Å². The number of aliphatic hydroxyl groups is 2. The van der Waals surface area contributed by atoms with Crippen molar-refractivity contribution in [2.45, 2.75) is 44.1 Å². The number of fused-ring (bicyclic) bond motifs is 1. The van der Waals surface area contributed by atoms with Crippen molar-refractivity contribution in [1.29, 1.82) is 0 Å². The van der Waals surface area contributed by atoms with E-state index in [1.807, 2.05) is 16.7 Å². The Balaban J connectivity index is 1.71. The minimum Gasteiger partial charge on any atom is -0.392 e. The number of piperidine rings is 1. The zero-order chi connectivity index (χ0) is 15.7. The van der Waals surface area contributed by atoms with Gasteiger partial charge in [-0.25, -0.2) is 4.98 Å². The quantitative estimate of drug-likeness (QED) is 0.752. The molecule has 3 atom stereocenters. The van der Waals surface area contributed by atoms with Crippen LogP contribution >= 0.6 is 27.5 Å². The van der Waals surface area contributed by atoms with Crippen molar-refractivity contribution in [2.75, 3.05) is 6.54 Å². The average molecular weight is 389 g/mol. The first-order chi connectivity index (χ1) is 10.6. The van der Waals surface area contributed by atoms with E-state index in [2.05, 4.69) is 26.2 Å². The fourth-order valence-corrected chi connectivity index (χ4v) is 3.52. The highest BCUT2D eigenvalue weighted by Gasteiger charge is 2.25. The Morgan fingerprint density at radius 3 is 3.09 bits per heavy atom. The smallest absolute Gasteiger partial charge is 0.108 e. The molecule has 22 heavy (non-hydrogen) atoms. The Bertz CT molecular complexity index is 664. The molecule has 1 aromatic heterocycles. The Hall–Kier alpha value is -0.660. The second-order valence-electron chi connectivity index (χ2n) is 5.79. The molecule has 1 aromatic carbocycles. The number of aromatic nitrogens is 2. The van der Waals surface area contributed by atoms with E-state index >= 15 is 0 Å². The first-order valence-corrected chi connectivity index (χ1v) is 8.61. The van der Waals surface area contributed by atoms with Gasteiger partial charge in [-0.05, 0) is 53.9 Å². The zero-order valence-electron chi connectivity index (χ0n) is 12.0. The molecular weight excluding hydrogens is 370 g/mol. The minimum atomic E-state index is -0.551. The monoisotopic (exact) mass is 387 g/mol. The molecule has 7 heteroatoms. The van der Waals surface area contributed by atoms with Gasteiger partial charge in [-0.15, -0.1) is 0 Å². The van der Waals surface area contributed by atoms with Crippen molar-refractivity contribution in [1.82, 2.24) is 14.9 Å². The maximum absolute atomic E-state index is 10.3. The predicted molar refractivity (Wildman–Crippen MR) is 90.1 cm³/mol. The Morgan fingerprint density at radius 2 is 2.32 bits per heavy atom. The summed E-state index contributed by atoms with van der Waals surface area (Å²) in [7, 11) is 0. The second kappa shape index (κ2) is 6.84. The standard InChI is InChI=1S/C15H19BrClN3O2/c16-10-3-4-12-15(14(10)17)19-8-20(12)7-9(21)6-11-13(22)2-1-5-18-11/h3-4,8-9,11,13,18,21-22H,1-2,5-7H2/t9?,11-,13+/m1/s1. The number of benzene rings is 1. The van der Waals surface area contributed by atoms with Crippen LogP contribution in [-0.4, -0.2) is 44.6 Å². The van der Waals surface area contributed by atoms with Gasteiger partial charge in [-0.1, -0.05) is 11.6 Å². The number of hydrogen-bond acceptors (Lipinski definition) is 4. The minimum absolute atomic E-state index is 0.0451. The van der Waals surface area contributed by atoms with Crippen molar-refractivity contribution in [3.8, 4) is 0 Å². The SMILES string of the molecule is OC(C[C@H]1NCCC[C@@H]1O)Cn1cnc2c(Cl)c(Br)ccc21. The Kier molecular flexibility index (Phi) is 5.04. The topological polar surface area (TPSA) is 70.3 Å². The van der Waals surface area contributed by atoms with E-state index in [1.54, 1.807) is 6.33 Å². The van der Waals surface area contributed by atoms with Gasteiger partial charge >= 0.3 is 0 Å². The summed E-state index contributed by atoms with van der Waals surface area (Å²) < 4.78 is 2.70. The average Bonchev–Trinajstić information content (AvgIpc) is 2.89. The van der Waals surface area contributed by atoms with Gasteiger partial charge in [0.05, 0.1) is 35.6 Å². The van der Waals surface area contributed by atoms with Crippen LogP contribution in [0.5, 0.6) is 0 Å². The highest BCUT2D eigenvalue weighted by molar-refractivity contribution is 9.10. The van der Waals surface area contributed by atoms with Crippen LogP contribution in [0.25, 0.3) is 11.0 Å². The van der Waals surface area contributed by atoms with E-state index in [0.717, 1.165) is 34.9 Å². The maximum Gasteiger partial charge on any atom is 0.108 e. The van der Waals surface area contributed by atoms with Gasteiger partial charge < -0.3 is 20.1 Å². The number of halogens is 2. The molecule has 2 aromatic rings. The molecule has 1 aliphatic rings. The molecule has 1 saturated heterocycles. The number of aliphatic hydroxyl groups excluding tert-OH is 2. The number of nitrogens with one attached hydrogen (secondary N) is 1. The van der Waals surface area contributed by atoms with Crippen molar-refractivity contribution in [3.63, 3.8) is 0 Å². The van der Waals surface area contributed by atoms with E-state index < -0.39 is 6.10 Å². The van der Waals surface area contributed by atoms with Crippen LogP contribution in [0.4, 0.5) is 0 Å². The molecule has 1 aliphatic heterocycles. The predicted octanol–water partition coefficient (Wildman–Crippen LogP) is 2.32. The third-order valence-electron chi connectivity index (χ3n) is 4.16. The molecule has 120 valence electrons. The molecule has 3 N–H and O–H groups in total. The van der Waals surface area contributed by atoms with Crippen LogP contribution in [-0.2, 0) is 6.54 Å². The highest BCUT2D eigenvalue weighted by Crippen LogP contribution is 2.30. The van der Waals surface area contributed by atoms with Crippen LogP contribution in [0.15, 0.2) is 22.9 Å². The summed E-state index contributed by atoms with van der Waals surface area (Å²) in [5, 5.41) is 24.1. The lowest BCUT2D eigenvalue weighted by molar-refractivity contribution is 0.0547. The summed E-state index contributed by atoms with van der Waals surface area (Å²) in [6.45, 7) is 1.32. The van der Waals surface area contributed by atoms with Crippen molar-refractivity contribution >= 4 is 38.6 Å². The molecule has 0 saturated carbocycles. The van der Waals surface area contributed by atoms with Crippen LogP contribution in [0.3, 0.4) is 0 Å². The van der Waals surface area contributed by atoms with Gasteiger partial charge in [-0.2, -0.15) is 0 Å². The van der Waals surface area contributed by atoms with Gasteiger partial charge in [-0.3, -0.25) is 0 Å².